The van der Waals surface area contributed by atoms with Gasteiger partial charge >= 0.3 is 5.97 Å². The van der Waals surface area contributed by atoms with Gasteiger partial charge in [0.2, 0.25) is 0 Å². The fourth-order valence-corrected chi connectivity index (χ4v) is 2.24. The highest BCUT2D eigenvalue weighted by Crippen LogP contribution is 2.30. The number of benzene rings is 1. The molecule has 0 aliphatic carbocycles. The van der Waals surface area contributed by atoms with Gasteiger partial charge in [0.1, 0.15) is 0 Å². The molecule has 17 heavy (non-hydrogen) atoms. The number of hydrogen-bond acceptors (Lipinski definition) is 2. The lowest BCUT2D eigenvalue weighted by molar-refractivity contribution is -0.139. The number of nitrogens with two attached hydrogens (primary N) is 1. The van der Waals surface area contributed by atoms with Crippen molar-refractivity contribution >= 4 is 27.6 Å². The van der Waals surface area contributed by atoms with Gasteiger partial charge in [-0.3, -0.25) is 4.79 Å². The maximum atomic E-state index is 11.3. The molecule has 3 N–H and O–H groups in total. The quantitative estimate of drug-likeness (QED) is 0.621. The molecule has 1 unspecified atom stereocenters. The first-order valence-electron chi connectivity index (χ1n) is 5.84. The first-order chi connectivity index (χ1) is 8.06. The summed E-state index contributed by atoms with van der Waals surface area (Å²) in [4.78, 5) is 11.3. The van der Waals surface area contributed by atoms with Crippen LogP contribution in [-0.4, -0.2) is 11.1 Å². The molecule has 4 heteroatoms. The Kier molecular flexibility index (Phi) is 5.48. The van der Waals surface area contributed by atoms with Gasteiger partial charge in [0.25, 0.3) is 0 Å². The average molecular weight is 300 g/mol. The number of carboxylic acids is 1. The molecular formula is C13H18BrNO2. The molecule has 0 aliphatic rings. The minimum atomic E-state index is -0.800. The van der Waals surface area contributed by atoms with Gasteiger partial charge in [-0.15, -0.1) is 0 Å². The Balaban J connectivity index is 2.89. The Bertz CT molecular complexity index is 393. The molecule has 1 rings (SSSR count). The molecule has 0 fully saturated rings. The summed E-state index contributed by atoms with van der Waals surface area (Å²) in [7, 11) is 0. The normalized spacial score (nSPS) is 12.4. The Morgan fingerprint density at radius 3 is 2.76 bits per heavy atom. The van der Waals surface area contributed by atoms with Crippen LogP contribution in [-0.2, 0) is 4.79 Å². The average Bonchev–Trinajstić information content (AvgIpc) is 2.28. The maximum Gasteiger partial charge on any atom is 0.311 e. The summed E-state index contributed by atoms with van der Waals surface area (Å²) in [5, 5.41) is 9.27. The second kappa shape index (κ2) is 6.64. The third kappa shape index (κ3) is 4.04. The molecule has 0 aromatic heterocycles. The van der Waals surface area contributed by atoms with E-state index in [9.17, 15) is 9.90 Å². The van der Waals surface area contributed by atoms with Crippen LogP contribution in [0.2, 0.25) is 0 Å². The summed E-state index contributed by atoms with van der Waals surface area (Å²) < 4.78 is 0.864. The standard InChI is InChI=1S/C13H18BrNO2/c1-2-3-4-5-10(13(16)17)11-8-9(14)6-7-12(11)15/h6-8,10H,2-5,15H2,1H3,(H,16,17). The number of unbranched alkanes of at least 4 members (excludes halogenated alkanes) is 2. The zero-order valence-electron chi connectivity index (χ0n) is 9.95. The van der Waals surface area contributed by atoms with Gasteiger partial charge in [-0.25, -0.2) is 0 Å². The van der Waals surface area contributed by atoms with E-state index in [2.05, 4.69) is 22.9 Å². The molecule has 0 saturated carbocycles. The fraction of sp³-hybridized carbons (Fsp3) is 0.462. The van der Waals surface area contributed by atoms with Gasteiger partial charge in [0.05, 0.1) is 5.92 Å². The fourth-order valence-electron chi connectivity index (χ4n) is 1.86. The minimum Gasteiger partial charge on any atom is -0.481 e. The number of carbonyl (C=O) groups is 1. The van der Waals surface area contributed by atoms with Crippen LogP contribution in [0.5, 0.6) is 0 Å². The van der Waals surface area contributed by atoms with E-state index in [-0.39, 0.29) is 0 Å². The van der Waals surface area contributed by atoms with Crippen molar-refractivity contribution in [3.63, 3.8) is 0 Å². The summed E-state index contributed by atoms with van der Waals surface area (Å²) in [6.45, 7) is 2.10. The molecule has 1 aromatic carbocycles. The van der Waals surface area contributed by atoms with Gasteiger partial charge in [0.15, 0.2) is 0 Å². The lowest BCUT2D eigenvalue weighted by Crippen LogP contribution is -2.13. The second-order valence-corrected chi connectivity index (χ2v) is 5.08. The van der Waals surface area contributed by atoms with Crippen molar-refractivity contribution in [3.8, 4) is 0 Å². The van der Waals surface area contributed by atoms with Gasteiger partial charge in [-0.1, -0.05) is 42.1 Å². The molecule has 94 valence electrons. The van der Waals surface area contributed by atoms with E-state index < -0.39 is 11.9 Å². The first-order valence-corrected chi connectivity index (χ1v) is 6.63. The molecule has 1 aromatic rings. The van der Waals surface area contributed by atoms with Crippen LogP contribution in [0, 0.1) is 0 Å². The third-order valence-electron chi connectivity index (χ3n) is 2.82. The van der Waals surface area contributed by atoms with Crippen molar-refractivity contribution in [3.05, 3.63) is 28.2 Å². The molecular weight excluding hydrogens is 282 g/mol. The highest BCUT2D eigenvalue weighted by atomic mass is 79.9. The van der Waals surface area contributed by atoms with Crippen molar-refractivity contribution in [1.29, 1.82) is 0 Å². The largest absolute Gasteiger partial charge is 0.481 e. The number of hydrogen-bond donors (Lipinski definition) is 2. The van der Waals surface area contributed by atoms with Crippen molar-refractivity contribution < 1.29 is 9.90 Å². The lowest BCUT2D eigenvalue weighted by Gasteiger charge is -2.15. The Labute approximate surface area is 110 Å². The summed E-state index contributed by atoms with van der Waals surface area (Å²) in [6.07, 6.45) is 3.70. The van der Waals surface area contributed by atoms with Crippen LogP contribution in [0.25, 0.3) is 0 Å². The minimum absolute atomic E-state index is 0.501. The molecule has 0 amide bonds. The van der Waals surface area contributed by atoms with Crippen LogP contribution >= 0.6 is 15.9 Å². The van der Waals surface area contributed by atoms with E-state index >= 15 is 0 Å². The van der Waals surface area contributed by atoms with Crippen LogP contribution in [0.15, 0.2) is 22.7 Å². The topological polar surface area (TPSA) is 63.3 Å². The van der Waals surface area contributed by atoms with E-state index in [1.54, 1.807) is 12.1 Å². The number of rotatable bonds is 6. The predicted molar refractivity (Wildman–Crippen MR) is 73.1 cm³/mol. The second-order valence-electron chi connectivity index (χ2n) is 4.16. The molecule has 1 atom stereocenters. The first kappa shape index (κ1) is 14.0. The van der Waals surface area contributed by atoms with Gasteiger partial charge < -0.3 is 10.8 Å². The van der Waals surface area contributed by atoms with E-state index in [1.165, 1.54) is 0 Å². The van der Waals surface area contributed by atoms with Crippen LogP contribution in [0.3, 0.4) is 0 Å². The molecule has 3 nitrogen and oxygen atoms in total. The van der Waals surface area contributed by atoms with E-state index in [0.717, 1.165) is 23.7 Å². The van der Waals surface area contributed by atoms with Crippen LogP contribution in [0.1, 0.15) is 44.1 Å². The van der Waals surface area contributed by atoms with Gasteiger partial charge in [-0.05, 0) is 30.2 Å². The Morgan fingerprint density at radius 1 is 1.47 bits per heavy atom. The van der Waals surface area contributed by atoms with Crippen molar-refractivity contribution in [2.75, 3.05) is 5.73 Å². The molecule has 0 heterocycles. The number of carboxylic acid groups (broad SMARTS) is 1. The van der Waals surface area contributed by atoms with E-state index in [1.807, 2.05) is 6.07 Å². The van der Waals surface area contributed by atoms with E-state index in [0.29, 0.717) is 17.7 Å². The number of anilines is 1. The molecule has 0 saturated heterocycles. The summed E-state index contributed by atoms with van der Waals surface area (Å²) in [5.41, 5.74) is 7.11. The monoisotopic (exact) mass is 299 g/mol. The Hall–Kier alpha value is -1.03. The highest BCUT2D eigenvalue weighted by Gasteiger charge is 2.21. The summed E-state index contributed by atoms with van der Waals surface area (Å²) in [5.74, 6) is -1.30. The molecule has 0 bridgehead atoms. The van der Waals surface area contributed by atoms with Gasteiger partial charge in [0, 0.05) is 10.2 Å². The Morgan fingerprint density at radius 2 is 2.18 bits per heavy atom. The highest BCUT2D eigenvalue weighted by molar-refractivity contribution is 9.10. The van der Waals surface area contributed by atoms with Gasteiger partial charge in [-0.2, -0.15) is 0 Å². The summed E-state index contributed by atoms with van der Waals surface area (Å²) >= 11 is 3.35. The zero-order chi connectivity index (χ0) is 12.8. The molecule has 0 radical (unpaired) electrons. The van der Waals surface area contributed by atoms with Crippen LogP contribution < -0.4 is 5.73 Å². The maximum absolute atomic E-state index is 11.3. The number of aliphatic carboxylic acids is 1. The van der Waals surface area contributed by atoms with Crippen molar-refractivity contribution in [2.45, 2.75) is 38.5 Å². The number of nitrogen functional groups attached to an aromatic ring is 1. The SMILES string of the molecule is CCCCCC(C(=O)O)c1cc(Br)ccc1N. The third-order valence-corrected chi connectivity index (χ3v) is 3.31. The van der Waals surface area contributed by atoms with Crippen molar-refractivity contribution in [1.82, 2.24) is 0 Å². The lowest BCUT2D eigenvalue weighted by atomic mass is 9.92. The smallest absolute Gasteiger partial charge is 0.311 e. The predicted octanol–water partition coefficient (Wildman–Crippen LogP) is 3.78. The zero-order valence-corrected chi connectivity index (χ0v) is 11.5. The van der Waals surface area contributed by atoms with E-state index in [4.69, 9.17) is 5.73 Å². The molecule has 0 aliphatic heterocycles. The number of halogens is 1. The van der Waals surface area contributed by atoms with Crippen molar-refractivity contribution in [2.24, 2.45) is 0 Å². The summed E-state index contributed by atoms with van der Waals surface area (Å²) in [6, 6.07) is 5.37. The molecule has 0 spiro atoms. The van der Waals surface area contributed by atoms with Crippen LogP contribution in [0.4, 0.5) is 5.69 Å².